The summed E-state index contributed by atoms with van der Waals surface area (Å²) in [6, 6.07) is 3.79. The van der Waals surface area contributed by atoms with Gasteiger partial charge in [0.1, 0.15) is 0 Å². The molecule has 22 heavy (non-hydrogen) atoms. The van der Waals surface area contributed by atoms with Gasteiger partial charge in [0.25, 0.3) is 11.1 Å². The molecule has 1 atom stereocenters. The molecule has 0 aliphatic carbocycles. The van der Waals surface area contributed by atoms with E-state index in [1.165, 1.54) is 16.2 Å². The Labute approximate surface area is 137 Å². The number of rotatable bonds is 6. The van der Waals surface area contributed by atoms with Crippen molar-refractivity contribution in [2.45, 2.75) is 20.3 Å². The van der Waals surface area contributed by atoms with Crippen LogP contribution in [-0.2, 0) is 9.59 Å². The molecule has 2 rings (SSSR count). The summed E-state index contributed by atoms with van der Waals surface area (Å²) in [5.41, 5.74) is 0. The third-order valence-electron chi connectivity index (χ3n) is 3.38. The highest BCUT2D eigenvalue weighted by Gasteiger charge is 2.34. The van der Waals surface area contributed by atoms with Gasteiger partial charge < -0.3 is 5.32 Å². The van der Waals surface area contributed by atoms with E-state index in [0.717, 1.165) is 23.1 Å². The zero-order chi connectivity index (χ0) is 16.1. The molecule has 0 aromatic carbocycles. The molecule has 1 unspecified atom stereocenters. The highest BCUT2D eigenvalue weighted by atomic mass is 32.2. The Balaban J connectivity index is 1.91. The Kier molecular flexibility index (Phi) is 5.79. The second-order valence-electron chi connectivity index (χ2n) is 4.95. The summed E-state index contributed by atoms with van der Waals surface area (Å²) in [7, 11) is 0. The standard InChI is InChI=1S/C15H18N2O3S2/c1-3-10(2)13(18)16-6-7-17-14(19)12(22-15(17)20)9-11-5-4-8-21-11/h4-5,8-10H,3,6-7H2,1-2H3,(H,16,18)/b12-9-. The quantitative estimate of drug-likeness (QED) is 0.810. The van der Waals surface area contributed by atoms with E-state index in [1.807, 2.05) is 31.4 Å². The topological polar surface area (TPSA) is 66.5 Å². The van der Waals surface area contributed by atoms with Crippen LogP contribution < -0.4 is 5.32 Å². The Morgan fingerprint density at radius 1 is 1.45 bits per heavy atom. The third-order valence-corrected chi connectivity index (χ3v) is 5.11. The van der Waals surface area contributed by atoms with Gasteiger partial charge in [0.2, 0.25) is 5.91 Å². The number of hydrogen-bond acceptors (Lipinski definition) is 5. The van der Waals surface area contributed by atoms with Crippen molar-refractivity contribution < 1.29 is 14.4 Å². The number of imide groups is 1. The second-order valence-corrected chi connectivity index (χ2v) is 6.92. The smallest absolute Gasteiger partial charge is 0.293 e. The van der Waals surface area contributed by atoms with Crippen LogP contribution in [0.1, 0.15) is 25.1 Å². The molecule has 1 saturated heterocycles. The summed E-state index contributed by atoms with van der Waals surface area (Å²) in [4.78, 5) is 38.3. The molecule has 0 saturated carbocycles. The van der Waals surface area contributed by atoms with E-state index in [4.69, 9.17) is 0 Å². The van der Waals surface area contributed by atoms with Crippen LogP contribution in [0.3, 0.4) is 0 Å². The fourth-order valence-corrected chi connectivity index (χ4v) is 3.43. The lowest BCUT2D eigenvalue weighted by atomic mass is 10.1. The normalized spacial score (nSPS) is 18.1. The van der Waals surface area contributed by atoms with Gasteiger partial charge in [-0.1, -0.05) is 19.9 Å². The summed E-state index contributed by atoms with van der Waals surface area (Å²) in [5, 5.41) is 4.38. The maximum atomic E-state index is 12.2. The molecule has 3 amide bonds. The molecular formula is C15H18N2O3S2. The Bertz CT molecular complexity index is 596. The van der Waals surface area contributed by atoms with Crippen molar-refractivity contribution in [2.75, 3.05) is 13.1 Å². The highest BCUT2D eigenvalue weighted by molar-refractivity contribution is 8.18. The van der Waals surface area contributed by atoms with E-state index < -0.39 is 0 Å². The monoisotopic (exact) mass is 338 g/mol. The summed E-state index contributed by atoms with van der Waals surface area (Å²) in [5.74, 6) is -0.404. The number of hydrogen-bond donors (Lipinski definition) is 1. The molecule has 0 radical (unpaired) electrons. The highest BCUT2D eigenvalue weighted by Crippen LogP contribution is 2.32. The van der Waals surface area contributed by atoms with E-state index in [9.17, 15) is 14.4 Å². The first kappa shape index (κ1) is 16.8. The first-order valence-corrected chi connectivity index (χ1v) is 8.79. The SMILES string of the molecule is CCC(C)C(=O)NCCN1C(=O)S/C(=C\c2cccs2)C1=O. The van der Waals surface area contributed by atoms with Crippen molar-refractivity contribution in [1.29, 1.82) is 0 Å². The average molecular weight is 338 g/mol. The lowest BCUT2D eigenvalue weighted by molar-refractivity contribution is -0.126. The van der Waals surface area contributed by atoms with E-state index in [2.05, 4.69) is 5.32 Å². The molecule has 118 valence electrons. The molecule has 5 nitrogen and oxygen atoms in total. The van der Waals surface area contributed by atoms with Crippen molar-refractivity contribution in [3.63, 3.8) is 0 Å². The number of amides is 3. The molecule has 1 aromatic heterocycles. The molecule has 1 N–H and O–H groups in total. The van der Waals surface area contributed by atoms with E-state index in [-0.39, 0.29) is 36.1 Å². The van der Waals surface area contributed by atoms with Crippen LogP contribution in [0.15, 0.2) is 22.4 Å². The van der Waals surface area contributed by atoms with Crippen LogP contribution in [0.5, 0.6) is 0 Å². The molecule has 1 aromatic rings. The van der Waals surface area contributed by atoms with Gasteiger partial charge >= 0.3 is 0 Å². The molecule has 0 bridgehead atoms. The number of carbonyl (C=O) groups is 3. The first-order chi connectivity index (χ1) is 10.5. The van der Waals surface area contributed by atoms with Crippen LogP contribution >= 0.6 is 23.1 Å². The van der Waals surface area contributed by atoms with Crippen LogP contribution in [0.25, 0.3) is 6.08 Å². The van der Waals surface area contributed by atoms with Gasteiger partial charge in [-0.2, -0.15) is 0 Å². The van der Waals surface area contributed by atoms with Crippen molar-refractivity contribution in [3.05, 3.63) is 27.3 Å². The predicted molar refractivity (Wildman–Crippen MR) is 89.5 cm³/mol. The van der Waals surface area contributed by atoms with Gasteiger partial charge in [-0.3, -0.25) is 19.3 Å². The van der Waals surface area contributed by atoms with Crippen LogP contribution in [0.4, 0.5) is 4.79 Å². The fraction of sp³-hybridized carbons (Fsp3) is 0.400. The zero-order valence-corrected chi connectivity index (χ0v) is 14.1. The van der Waals surface area contributed by atoms with Crippen molar-refractivity contribution in [2.24, 2.45) is 5.92 Å². The number of carbonyl (C=O) groups excluding carboxylic acids is 3. The number of nitrogens with zero attached hydrogens (tertiary/aromatic N) is 1. The number of thiophene rings is 1. The fourth-order valence-electron chi connectivity index (χ4n) is 1.85. The molecule has 1 fully saturated rings. The number of nitrogens with one attached hydrogen (secondary N) is 1. The van der Waals surface area contributed by atoms with Gasteiger partial charge in [0, 0.05) is 23.9 Å². The molecule has 0 spiro atoms. The van der Waals surface area contributed by atoms with E-state index in [0.29, 0.717) is 4.91 Å². The molecule has 1 aliphatic heterocycles. The lowest BCUT2D eigenvalue weighted by Gasteiger charge is -2.14. The first-order valence-electron chi connectivity index (χ1n) is 7.09. The predicted octanol–water partition coefficient (Wildman–Crippen LogP) is 2.95. The van der Waals surface area contributed by atoms with Crippen molar-refractivity contribution in [1.82, 2.24) is 10.2 Å². The van der Waals surface area contributed by atoms with Crippen molar-refractivity contribution in [3.8, 4) is 0 Å². The van der Waals surface area contributed by atoms with Crippen LogP contribution in [-0.4, -0.2) is 35.0 Å². The third kappa shape index (κ3) is 3.98. The molecule has 2 heterocycles. The minimum atomic E-state index is -0.291. The summed E-state index contributed by atoms with van der Waals surface area (Å²) in [6.07, 6.45) is 2.49. The van der Waals surface area contributed by atoms with Gasteiger partial charge in [-0.15, -0.1) is 11.3 Å². The summed E-state index contributed by atoms with van der Waals surface area (Å²) in [6.45, 7) is 4.28. The summed E-state index contributed by atoms with van der Waals surface area (Å²) < 4.78 is 0. The lowest BCUT2D eigenvalue weighted by Crippen LogP contribution is -2.38. The average Bonchev–Trinajstić information content (AvgIpc) is 3.10. The van der Waals surface area contributed by atoms with Crippen LogP contribution in [0.2, 0.25) is 0 Å². The zero-order valence-electron chi connectivity index (χ0n) is 12.5. The molecular weight excluding hydrogens is 320 g/mol. The maximum absolute atomic E-state index is 12.2. The van der Waals surface area contributed by atoms with E-state index in [1.54, 1.807) is 6.08 Å². The van der Waals surface area contributed by atoms with E-state index >= 15 is 0 Å². The summed E-state index contributed by atoms with van der Waals surface area (Å²) >= 11 is 2.46. The van der Waals surface area contributed by atoms with Crippen molar-refractivity contribution >= 4 is 46.2 Å². The van der Waals surface area contributed by atoms with Crippen LogP contribution in [0, 0.1) is 5.92 Å². The van der Waals surface area contributed by atoms with Gasteiger partial charge in [-0.05, 0) is 35.7 Å². The van der Waals surface area contributed by atoms with Gasteiger partial charge in [0.15, 0.2) is 0 Å². The Morgan fingerprint density at radius 2 is 2.23 bits per heavy atom. The maximum Gasteiger partial charge on any atom is 0.293 e. The Hall–Kier alpha value is -1.60. The minimum absolute atomic E-state index is 0.0522. The number of thioether (sulfide) groups is 1. The second kappa shape index (κ2) is 7.60. The largest absolute Gasteiger partial charge is 0.354 e. The van der Waals surface area contributed by atoms with Gasteiger partial charge in [-0.25, -0.2) is 0 Å². The molecule has 7 heteroatoms. The Morgan fingerprint density at radius 3 is 2.86 bits per heavy atom. The molecule has 1 aliphatic rings. The minimum Gasteiger partial charge on any atom is -0.354 e. The van der Waals surface area contributed by atoms with Gasteiger partial charge in [0.05, 0.1) is 4.91 Å².